The molecule has 6 aromatic rings. The second kappa shape index (κ2) is 7.27. The van der Waals surface area contributed by atoms with Gasteiger partial charge in [0.2, 0.25) is 0 Å². The summed E-state index contributed by atoms with van der Waals surface area (Å²) in [6.07, 6.45) is 3.58. The molecule has 0 atom stereocenters. The summed E-state index contributed by atoms with van der Waals surface area (Å²) in [5, 5.41) is 7.56. The predicted molar refractivity (Wildman–Crippen MR) is 126 cm³/mol. The maximum Gasteiger partial charge on any atom is 0.178 e. The van der Waals surface area contributed by atoms with Gasteiger partial charge in [-0.2, -0.15) is 5.10 Å². The molecule has 0 fully saturated rings. The molecule has 0 saturated carbocycles. The number of fused-ring (bicyclic) bond motifs is 2. The summed E-state index contributed by atoms with van der Waals surface area (Å²) in [6, 6.07) is 13.8. The molecule has 0 unspecified atom stereocenters. The number of pyridine rings is 2. The Kier molecular flexibility index (Phi) is 4.22. The van der Waals surface area contributed by atoms with Crippen molar-refractivity contribution in [1.29, 1.82) is 0 Å². The van der Waals surface area contributed by atoms with Crippen molar-refractivity contribution in [2.75, 3.05) is 7.11 Å². The first-order chi connectivity index (χ1) is 16.1. The molecule has 162 valence electrons. The molecule has 0 aliphatic rings. The van der Waals surface area contributed by atoms with E-state index in [9.17, 15) is 0 Å². The zero-order valence-electron chi connectivity index (χ0n) is 18.3. The van der Waals surface area contributed by atoms with Gasteiger partial charge in [-0.3, -0.25) is 5.10 Å². The van der Waals surface area contributed by atoms with Crippen molar-refractivity contribution in [1.82, 2.24) is 39.7 Å². The summed E-state index contributed by atoms with van der Waals surface area (Å²) < 4.78 is 7.40. The average Bonchev–Trinajstić information content (AvgIpc) is 3.55. The van der Waals surface area contributed by atoms with Crippen molar-refractivity contribution in [3.05, 3.63) is 60.7 Å². The molecule has 0 aliphatic heterocycles. The summed E-state index contributed by atoms with van der Waals surface area (Å²) in [5.74, 6) is 2.32. The molecule has 1 aromatic carbocycles. The number of H-pyrrole nitrogens is 2. The van der Waals surface area contributed by atoms with Gasteiger partial charge in [-0.05, 0) is 42.8 Å². The standard InChI is InChI=1S/C24H20N8O/c1-13-26-12-19(32(13)2)17-7-8-18-21(27-17)22(31-30-18)24-28-20-16(9-10-25-23(20)29-24)14-5-4-6-15(11-14)33-3/h4-12H,1-3H3,(H,30,31)(H,25,28,29). The Labute approximate surface area is 188 Å². The largest absolute Gasteiger partial charge is 0.497 e. The van der Waals surface area contributed by atoms with Crippen molar-refractivity contribution >= 4 is 22.2 Å². The lowest BCUT2D eigenvalue weighted by Crippen LogP contribution is -1.96. The number of aromatic amines is 2. The summed E-state index contributed by atoms with van der Waals surface area (Å²) in [6.45, 7) is 1.96. The topological polar surface area (TPSA) is 110 Å². The van der Waals surface area contributed by atoms with Gasteiger partial charge in [-0.15, -0.1) is 0 Å². The smallest absolute Gasteiger partial charge is 0.178 e. The molecule has 5 heterocycles. The first-order valence-corrected chi connectivity index (χ1v) is 10.5. The van der Waals surface area contributed by atoms with Crippen LogP contribution in [0.15, 0.2) is 54.9 Å². The number of nitrogens with zero attached hydrogens (tertiary/aromatic N) is 6. The highest BCUT2D eigenvalue weighted by Crippen LogP contribution is 2.32. The van der Waals surface area contributed by atoms with Crippen LogP contribution >= 0.6 is 0 Å². The van der Waals surface area contributed by atoms with Crippen LogP contribution in [0.2, 0.25) is 0 Å². The van der Waals surface area contributed by atoms with Crippen LogP contribution in [0.5, 0.6) is 5.75 Å². The number of rotatable bonds is 4. The molecule has 0 aliphatic carbocycles. The maximum absolute atomic E-state index is 5.39. The molecule has 33 heavy (non-hydrogen) atoms. The Morgan fingerprint density at radius 1 is 1.03 bits per heavy atom. The van der Waals surface area contributed by atoms with E-state index in [1.54, 1.807) is 13.3 Å². The van der Waals surface area contributed by atoms with Gasteiger partial charge >= 0.3 is 0 Å². The second-order valence-electron chi connectivity index (χ2n) is 7.79. The van der Waals surface area contributed by atoms with Crippen molar-refractivity contribution in [3.8, 4) is 39.8 Å². The molecule has 0 radical (unpaired) electrons. The fraction of sp³-hybridized carbons (Fsp3) is 0.125. The summed E-state index contributed by atoms with van der Waals surface area (Å²) in [7, 11) is 3.64. The minimum atomic E-state index is 0.602. The predicted octanol–water partition coefficient (Wildman–Crippen LogP) is 4.28. The Morgan fingerprint density at radius 2 is 1.94 bits per heavy atom. The van der Waals surface area contributed by atoms with E-state index in [1.807, 2.05) is 67.2 Å². The Morgan fingerprint density at radius 3 is 2.76 bits per heavy atom. The van der Waals surface area contributed by atoms with Gasteiger partial charge in [0.25, 0.3) is 0 Å². The number of methoxy groups -OCH3 is 1. The molecular weight excluding hydrogens is 416 g/mol. The number of imidazole rings is 2. The lowest BCUT2D eigenvalue weighted by molar-refractivity contribution is 0.415. The number of benzene rings is 1. The fourth-order valence-electron chi connectivity index (χ4n) is 4.00. The number of hydrogen-bond acceptors (Lipinski definition) is 6. The van der Waals surface area contributed by atoms with Gasteiger partial charge < -0.3 is 14.3 Å². The molecule has 6 rings (SSSR count). The van der Waals surface area contributed by atoms with Crippen LogP contribution in [0, 0.1) is 6.92 Å². The first-order valence-electron chi connectivity index (χ1n) is 10.5. The van der Waals surface area contributed by atoms with Crippen molar-refractivity contribution < 1.29 is 4.74 Å². The zero-order chi connectivity index (χ0) is 22.5. The third-order valence-electron chi connectivity index (χ3n) is 5.89. The van der Waals surface area contributed by atoms with E-state index in [0.717, 1.165) is 50.6 Å². The normalized spacial score (nSPS) is 11.5. The van der Waals surface area contributed by atoms with E-state index in [1.165, 1.54) is 0 Å². The van der Waals surface area contributed by atoms with E-state index < -0.39 is 0 Å². The van der Waals surface area contributed by atoms with Gasteiger partial charge in [0.1, 0.15) is 17.1 Å². The van der Waals surface area contributed by atoms with Crippen LogP contribution < -0.4 is 4.74 Å². The third kappa shape index (κ3) is 3.05. The Bertz CT molecular complexity index is 1640. The van der Waals surface area contributed by atoms with E-state index in [2.05, 4.69) is 25.1 Å². The molecule has 0 spiro atoms. The summed E-state index contributed by atoms with van der Waals surface area (Å²) >= 11 is 0. The number of aryl methyl sites for hydroxylation is 1. The quantitative estimate of drug-likeness (QED) is 0.427. The lowest BCUT2D eigenvalue weighted by Gasteiger charge is -2.05. The molecular formula is C24H20N8O. The van der Waals surface area contributed by atoms with Crippen molar-refractivity contribution in [3.63, 3.8) is 0 Å². The van der Waals surface area contributed by atoms with Gasteiger partial charge in [-0.1, -0.05) is 12.1 Å². The molecule has 0 saturated heterocycles. The highest BCUT2D eigenvalue weighted by atomic mass is 16.5. The SMILES string of the molecule is COc1cccc(-c2ccnc3nc(-c4n[nH]c5ccc(-c6cnc(C)n6C)nc45)[nH]c23)c1. The van der Waals surface area contributed by atoms with Gasteiger partial charge in [0.15, 0.2) is 17.2 Å². The molecule has 9 nitrogen and oxygen atoms in total. The van der Waals surface area contributed by atoms with Crippen LogP contribution in [0.25, 0.3) is 56.2 Å². The van der Waals surface area contributed by atoms with Crippen LogP contribution in [-0.2, 0) is 7.05 Å². The minimum absolute atomic E-state index is 0.602. The van der Waals surface area contributed by atoms with Gasteiger partial charge in [0, 0.05) is 18.8 Å². The van der Waals surface area contributed by atoms with Crippen molar-refractivity contribution in [2.45, 2.75) is 6.92 Å². The molecule has 0 bridgehead atoms. The number of nitrogens with one attached hydrogen (secondary N) is 2. The zero-order valence-corrected chi connectivity index (χ0v) is 18.3. The van der Waals surface area contributed by atoms with Crippen LogP contribution in [0.3, 0.4) is 0 Å². The highest BCUT2D eigenvalue weighted by Gasteiger charge is 2.18. The number of hydrogen-bond donors (Lipinski definition) is 2. The van der Waals surface area contributed by atoms with E-state index >= 15 is 0 Å². The van der Waals surface area contributed by atoms with Crippen LogP contribution in [-0.4, -0.2) is 46.8 Å². The summed E-state index contributed by atoms with van der Waals surface area (Å²) in [4.78, 5) is 21.9. The van der Waals surface area contributed by atoms with E-state index in [4.69, 9.17) is 14.7 Å². The first kappa shape index (κ1) is 19.2. The minimum Gasteiger partial charge on any atom is -0.497 e. The van der Waals surface area contributed by atoms with E-state index in [0.29, 0.717) is 17.2 Å². The molecule has 0 amide bonds. The maximum atomic E-state index is 5.39. The molecule has 9 heteroatoms. The number of aromatic nitrogens is 8. The lowest BCUT2D eigenvalue weighted by atomic mass is 10.1. The van der Waals surface area contributed by atoms with Crippen molar-refractivity contribution in [2.24, 2.45) is 7.05 Å². The molecule has 5 aromatic heterocycles. The third-order valence-corrected chi connectivity index (χ3v) is 5.89. The van der Waals surface area contributed by atoms with Gasteiger partial charge in [0.05, 0.1) is 35.7 Å². The number of ether oxygens (including phenoxy) is 1. The Balaban J connectivity index is 1.50. The highest BCUT2D eigenvalue weighted by molar-refractivity contribution is 5.95. The van der Waals surface area contributed by atoms with Gasteiger partial charge in [-0.25, -0.2) is 19.9 Å². The molecule has 2 N–H and O–H groups in total. The second-order valence-corrected chi connectivity index (χ2v) is 7.79. The van der Waals surface area contributed by atoms with Crippen LogP contribution in [0.1, 0.15) is 5.82 Å². The monoisotopic (exact) mass is 436 g/mol. The van der Waals surface area contributed by atoms with Crippen LogP contribution in [0.4, 0.5) is 0 Å². The summed E-state index contributed by atoms with van der Waals surface area (Å²) in [5.41, 5.74) is 7.39. The average molecular weight is 436 g/mol. The van der Waals surface area contributed by atoms with E-state index in [-0.39, 0.29) is 0 Å². The Hall–Kier alpha value is -4.53. The fourth-order valence-corrected chi connectivity index (χ4v) is 4.00.